The fourth-order valence-electron chi connectivity index (χ4n) is 2.30. The highest BCUT2D eigenvalue weighted by Crippen LogP contribution is 2.41. The van der Waals surface area contributed by atoms with Crippen LogP contribution in [0.1, 0.15) is 33.1 Å². The number of carbonyl (C=O) groups is 2. The van der Waals surface area contributed by atoms with E-state index in [0.29, 0.717) is 25.9 Å². The number of nitrogens with zero attached hydrogens (tertiary/aromatic N) is 1. The van der Waals surface area contributed by atoms with Gasteiger partial charge in [-0.05, 0) is 13.3 Å². The van der Waals surface area contributed by atoms with E-state index in [1.807, 2.05) is 6.92 Å². The van der Waals surface area contributed by atoms with Gasteiger partial charge in [0.25, 0.3) is 0 Å². The van der Waals surface area contributed by atoms with E-state index in [-0.39, 0.29) is 17.3 Å². The van der Waals surface area contributed by atoms with Crippen LogP contribution >= 0.6 is 0 Å². The summed E-state index contributed by atoms with van der Waals surface area (Å²) in [6, 6.07) is 0. The molecule has 1 aliphatic rings. The van der Waals surface area contributed by atoms with Crippen LogP contribution in [0.25, 0.3) is 0 Å². The van der Waals surface area contributed by atoms with E-state index < -0.39 is 0 Å². The van der Waals surface area contributed by atoms with Gasteiger partial charge in [0.05, 0.1) is 7.11 Å². The normalized spacial score (nSPS) is 17.2. The van der Waals surface area contributed by atoms with Crippen molar-refractivity contribution in [1.82, 2.24) is 4.90 Å². The summed E-state index contributed by atoms with van der Waals surface area (Å²) < 4.78 is 4.76. The van der Waals surface area contributed by atoms with Crippen LogP contribution in [0.15, 0.2) is 12.2 Å². The standard InChI is InChI=1S/C13H21NO3/c1-5-13(6-11(15)7-13)9-14(8-10(2)3)12(16)17-4/h2,5-9H2,1,3-4H3. The number of ether oxygens (including phenoxy) is 1. The Morgan fingerprint density at radius 2 is 2.12 bits per heavy atom. The Morgan fingerprint density at radius 1 is 1.53 bits per heavy atom. The first-order valence-corrected chi connectivity index (χ1v) is 5.91. The van der Waals surface area contributed by atoms with Crippen molar-refractivity contribution in [2.75, 3.05) is 20.2 Å². The summed E-state index contributed by atoms with van der Waals surface area (Å²) in [7, 11) is 1.37. The highest BCUT2D eigenvalue weighted by molar-refractivity contribution is 5.86. The molecule has 0 aromatic carbocycles. The summed E-state index contributed by atoms with van der Waals surface area (Å²) in [6.07, 6.45) is 1.71. The summed E-state index contributed by atoms with van der Waals surface area (Å²) >= 11 is 0. The molecule has 4 nitrogen and oxygen atoms in total. The maximum absolute atomic E-state index is 11.6. The second-order valence-electron chi connectivity index (χ2n) is 5.03. The largest absolute Gasteiger partial charge is 0.453 e. The van der Waals surface area contributed by atoms with E-state index in [2.05, 4.69) is 13.5 Å². The van der Waals surface area contributed by atoms with Gasteiger partial charge >= 0.3 is 6.09 Å². The lowest BCUT2D eigenvalue weighted by atomic mass is 9.66. The predicted molar refractivity (Wildman–Crippen MR) is 65.8 cm³/mol. The molecule has 17 heavy (non-hydrogen) atoms. The van der Waals surface area contributed by atoms with Gasteiger partial charge in [-0.25, -0.2) is 4.79 Å². The van der Waals surface area contributed by atoms with Crippen LogP contribution in [0.2, 0.25) is 0 Å². The second-order valence-corrected chi connectivity index (χ2v) is 5.03. The molecule has 0 atom stereocenters. The fraction of sp³-hybridized carbons (Fsp3) is 0.692. The Bertz CT molecular complexity index is 328. The summed E-state index contributed by atoms with van der Waals surface area (Å²) in [4.78, 5) is 24.4. The van der Waals surface area contributed by atoms with Gasteiger partial charge in [0, 0.05) is 31.3 Å². The smallest absolute Gasteiger partial charge is 0.409 e. The van der Waals surface area contributed by atoms with Gasteiger partial charge in [0.15, 0.2) is 0 Å². The third kappa shape index (κ3) is 3.32. The minimum absolute atomic E-state index is 0.0409. The van der Waals surface area contributed by atoms with E-state index >= 15 is 0 Å². The fourth-order valence-corrected chi connectivity index (χ4v) is 2.30. The van der Waals surface area contributed by atoms with Gasteiger partial charge in [-0.1, -0.05) is 19.1 Å². The number of carbonyl (C=O) groups excluding carboxylic acids is 2. The van der Waals surface area contributed by atoms with E-state index in [9.17, 15) is 9.59 Å². The molecule has 0 radical (unpaired) electrons. The molecule has 0 aromatic heterocycles. The molecule has 0 N–H and O–H groups in total. The van der Waals surface area contributed by atoms with Gasteiger partial charge in [0.2, 0.25) is 0 Å². The molecule has 1 aliphatic carbocycles. The number of ketones is 1. The van der Waals surface area contributed by atoms with Crippen LogP contribution in [0.3, 0.4) is 0 Å². The molecule has 0 bridgehead atoms. The number of amides is 1. The molecular weight excluding hydrogens is 218 g/mol. The van der Waals surface area contributed by atoms with Crippen molar-refractivity contribution >= 4 is 11.9 Å². The zero-order chi connectivity index (χ0) is 13.1. The Kier molecular flexibility index (Phi) is 4.32. The topological polar surface area (TPSA) is 46.6 Å². The molecule has 1 rings (SSSR count). The lowest BCUT2D eigenvalue weighted by Crippen LogP contribution is -2.48. The van der Waals surface area contributed by atoms with Crippen molar-refractivity contribution in [1.29, 1.82) is 0 Å². The van der Waals surface area contributed by atoms with Gasteiger partial charge in [-0.15, -0.1) is 0 Å². The van der Waals surface area contributed by atoms with Crippen LogP contribution in [0.5, 0.6) is 0 Å². The molecule has 0 unspecified atom stereocenters. The first-order valence-electron chi connectivity index (χ1n) is 5.91. The van der Waals surface area contributed by atoms with Crippen molar-refractivity contribution in [3.63, 3.8) is 0 Å². The van der Waals surface area contributed by atoms with E-state index in [4.69, 9.17) is 4.74 Å². The molecule has 1 saturated carbocycles. The van der Waals surface area contributed by atoms with Crippen LogP contribution in [-0.2, 0) is 9.53 Å². The molecule has 0 spiro atoms. The van der Waals surface area contributed by atoms with Crippen LogP contribution in [0.4, 0.5) is 4.79 Å². The third-order valence-corrected chi connectivity index (χ3v) is 3.31. The highest BCUT2D eigenvalue weighted by atomic mass is 16.5. The number of hydrogen-bond acceptors (Lipinski definition) is 3. The Hall–Kier alpha value is -1.32. The second kappa shape index (κ2) is 5.34. The summed E-state index contributed by atoms with van der Waals surface area (Å²) in [6.45, 7) is 8.81. The highest BCUT2D eigenvalue weighted by Gasteiger charge is 2.43. The quantitative estimate of drug-likeness (QED) is 0.692. The lowest BCUT2D eigenvalue weighted by molar-refractivity contribution is -0.133. The van der Waals surface area contributed by atoms with Gasteiger partial charge in [0.1, 0.15) is 5.78 Å². The predicted octanol–water partition coefficient (Wildman–Crippen LogP) is 2.39. The number of Topliss-reactive ketones (excluding diaryl/α,β-unsaturated/α-hetero) is 1. The van der Waals surface area contributed by atoms with Crippen molar-refractivity contribution < 1.29 is 14.3 Å². The summed E-state index contributed by atoms with van der Waals surface area (Å²) in [5, 5.41) is 0. The monoisotopic (exact) mass is 239 g/mol. The zero-order valence-corrected chi connectivity index (χ0v) is 10.9. The minimum atomic E-state index is -0.347. The number of methoxy groups -OCH3 is 1. The average Bonchev–Trinajstić information content (AvgIpc) is 2.23. The zero-order valence-electron chi connectivity index (χ0n) is 10.9. The van der Waals surface area contributed by atoms with Crippen LogP contribution < -0.4 is 0 Å². The molecule has 1 amide bonds. The molecule has 0 heterocycles. The SMILES string of the molecule is C=C(C)CN(CC1(CC)CC(=O)C1)C(=O)OC. The van der Waals surface area contributed by atoms with Crippen LogP contribution in [0, 0.1) is 5.41 Å². The first kappa shape index (κ1) is 13.7. The van der Waals surface area contributed by atoms with Gasteiger partial charge < -0.3 is 9.64 Å². The maximum Gasteiger partial charge on any atom is 0.409 e. The van der Waals surface area contributed by atoms with Gasteiger partial charge in [-0.2, -0.15) is 0 Å². The Labute approximate surface area is 103 Å². The van der Waals surface area contributed by atoms with Crippen molar-refractivity contribution in [3.8, 4) is 0 Å². The number of rotatable bonds is 5. The average molecular weight is 239 g/mol. The summed E-state index contributed by atoms with van der Waals surface area (Å²) in [5.74, 6) is 0.284. The molecule has 4 heteroatoms. The molecule has 0 saturated heterocycles. The van der Waals surface area contributed by atoms with E-state index in [1.54, 1.807) is 4.90 Å². The van der Waals surface area contributed by atoms with Crippen molar-refractivity contribution in [3.05, 3.63) is 12.2 Å². The molecule has 1 fully saturated rings. The number of hydrogen-bond donors (Lipinski definition) is 0. The van der Waals surface area contributed by atoms with E-state index in [1.165, 1.54) is 7.11 Å². The van der Waals surface area contributed by atoms with Crippen molar-refractivity contribution in [2.45, 2.75) is 33.1 Å². The molecule has 0 aliphatic heterocycles. The lowest BCUT2D eigenvalue weighted by Gasteiger charge is -2.42. The van der Waals surface area contributed by atoms with Gasteiger partial charge in [-0.3, -0.25) is 4.79 Å². The first-order chi connectivity index (χ1) is 7.92. The maximum atomic E-state index is 11.6. The van der Waals surface area contributed by atoms with Crippen molar-refractivity contribution in [2.24, 2.45) is 5.41 Å². The summed E-state index contributed by atoms with van der Waals surface area (Å²) in [5.41, 5.74) is 0.869. The Balaban J connectivity index is 2.68. The molecule has 96 valence electrons. The van der Waals surface area contributed by atoms with Crippen LogP contribution in [-0.4, -0.2) is 37.0 Å². The van der Waals surface area contributed by atoms with E-state index in [0.717, 1.165) is 12.0 Å². The third-order valence-electron chi connectivity index (χ3n) is 3.31. The molecular formula is C13H21NO3. The Morgan fingerprint density at radius 3 is 2.47 bits per heavy atom. The molecule has 0 aromatic rings. The minimum Gasteiger partial charge on any atom is -0.453 e.